The molecule has 37 heavy (non-hydrogen) atoms. The molecule has 1 fully saturated rings. The normalized spacial score (nSPS) is 14.9. The Bertz CT molecular complexity index is 1130. The summed E-state index contributed by atoms with van der Waals surface area (Å²) in [5.41, 5.74) is 6.81. The van der Waals surface area contributed by atoms with Gasteiger partial charge in [-0.3, -0.25) is 4.90 Å². The summed E-state index contributed by atoms with van der Waals surface area (Å²) in [6.45, 7) is 15.3. The Morgan fingerprint density at radius 2 is 1.62 bits per heavy atom. The molecule has 3 heterocycles. The predicted molar refractivity (Wildman–Crippen MR) is 162 cm³/mol. The molecule has 6 nitrogen and oxygen atoms in total. The first-order chi connectivity index (χ1) is 16.9. The third kappa shape index (κ3) is 8.52. The lowest BCUT2D eigenvalue weighted by molar-refractivity contribution is 0.139. The molecule has 3 aromatic rings. The number of rotatable bonds is 10. The van der Waals surface area contributed by atoms with Crippen molar-refractivity contribution in [1.82, 2.24) is 29.2 Å². The average Bonchev–Trinajstić information content (AvgIpc) is 3.18. The van der Waals surface area contributed by atoms with E-state index >= 15 is 0 Å². The van der Waals surface area contributed by atoms with Crippen LogP contribution < -0.4 is 0 Å². The van der Waals surface area contributed by atoms with Crippen LogP contribution in [-0.2, 0) is 13.0 Å². The third-order valence-electron chi connectivity index (χ3n) is 6.96. The number of aryl methyl sites for hydroxylation is 3. The molecule has 1 saturated heterocycles. The van der Waals surface area contributed by atoms with Gasteiger partial charge in [0.05, 0.1) is 6.54 Å². The molecular formula is C29H44Cl2N6. The molecule has 2 aromatic heterocycles. The van der Waals surface area contributed by atoms with Gasteiger partial charge in [-0.15, -0.1) is 24.8 Å². The first-order valence-corrected chi connectivity index (χ1v) is 13.1. The van der Waals surface area contributed by atoms with Crippen molar-refractivity contribution in [1.29, 1.82) is 0 Å². The van der Waals surface area contributed by atoms with Crippen molar-refractivity contribution < 1.29 is 0 Å². The molecule has 0 unspecified atom stereocenters. The first kappa shape index (κ1) is 31.3. The van der Waals surface area contributed by atoms with Gasteiger partial charge in [0, 0.05) is 44.8 Å². The van der Waals surface area contributed by atoms with E-state index in [2.05, 4.69) is 96.6 Å². The molecule has 0 saturated carbocycles. The second-order valence-electron chi connectivity index (χ2n) is 10.2. The fourth-order valence-corrected chi connectivity index (χ4v) is 4.95. The Hall–Kier alpha value is -1.96. The van der Waals surface area contributed by atoms with Crippen molar-refractivity contribution in [2.75, 3.05) is 59.9 Å². The summed E-state index contributed by atoms with van der Waals surface area (Å²) in [6, 6.07) is 11.0. The maximum absolute atomic E-state index is 4.88. The highest BCUT2D eigenvalue weighted by Crippen LogP contribution is 2.21. The number of piperazine rings is 1. The molecule has 0 bridgehead atoms. The summed E-state index contributed by atoms with van der Waals surface area (Å²) in [5.74, 6) is 1.10. The minimum atomic E-state index is 0. The van der Waals surface area contributed by atoms with Crippen molar-refractivity contribution in [2.45, 2.75) is 40.2 Å². The molecule has 1 aromatic carbocycles. The van der Waals surface area contributed by atoms with Gasteiger partial charge in [0.1, 0.15) is 11.3 Å². The molecule has 0 amide bonds. The van der Waals surface area contributed by atoms with Crippen LogP contribution in [0.5, 0.6) is 0 Å². The highest BCUT2D eigenvalue weighted by atomic mass is 35.5. The van der Waals surface area contributed by atoms with Crippen molar-refractivity contribution in [3.8, 4) is 0 Å². The van der Waals surface area contributed by atoms with Crippen molar-refractivity contribution in [3.63, 3.8) is 0 Å². The van der Waals surface area contributed by atoms with E-state index in [1.807, 2.05) is 0 Å². The maximum Gasteiger partial charge on any atom is 0.160 e. The fourth-order valence-electron chi connectivity index (χ4n) is 4.95. The Morgan fingerprint density at radius 3 is 2.27 bits per heavy atom. The van der Waals surface area contributed by atoms with Crippen LogP contribution in [0.15, 0.2) is 36.4 Å². The molecular weight excluding hydrogens is 503 g/mol. The number of halogens is 2. The molecule has 0 spiro atoms. The number of imidazole rings is 1. The van der Waals surface area contributed by atoms with E-state index in [4.69, 9.17) is 9.97 Å². The molecule has 0 N–H and O–H groups in total. The van der Waals surface area contributed by atoms with Crippen LogP contribution in [0.4, 0.5) is 0 Å². The number of hydrogen-bond acceptors (Lipinski definition) is 5. The molecule has 4 rings (SSSR count). The Kier molecular flexibility index (Phi) is 12.5. The lowest BCUT2D eigenvalue weighted by Gasteiger charge is -2.34. The van der Waals surface area contributed by atoms with Crippen molar-refractivity contribution >= 4 is 42.1 Å². The van der Waals surface area contributed by atoms with Gasteiger partial charge in [-0.1, -0.05) is 43.3 Å². The van der Waals surface area contributed by atoms with Crippen LogP contribution in [0, 0.1) is 13.8 Å². The average molecular weight is 548 g/mol. The van der Waals surface area contributed by atoms with Crippen LogP contribution in [0.2, 0.25) is 0 Å². The molecule has 204 valence electrons. The molecule has 0 aliphatic carbocycles. The van der Waals surface area contributed by atoms with Gasteiger partial charge in [-0.05, 0) is 70.2 Å². The van der Waals surface area contributed by atoms with E-state index in [1.165, 1.54) is 49.3 Å². The van der Waals surface area contributed by atoms with E-state index in [1.54, 1.807) is 0 Å². The van der Waals surface area contributed by atoms with Gasteiger partial charge >= 0.3 is 0 Å². The van der Waals surface area contributed by atoms with Gasteiger partial charge in [0.15, 0.2) is 5.65 Å². The van der Waals surface area contributed by atoms with Crippen LogP contribution in [0.3, 0.4) is 0 Å². The Morgan fingerprint density at radius 1 is 0.946 bits per heavy atom. The standard InChI is InChI=1S/C29H42N6.2ClH/c1-6-27-31-28-23(2)21-24(3)30-29(28)35(27)22-26-12-10-25(11-13-26)9-7-15-33-17-19-34(20-18-33)16-8-14-32(4)5;;/h7,9-13,21H,6,8,14-20,22H2,1-5H3;2*1H/b9-7+;;. The van der Waals surface area contributed by atoms with E-state index in [9.17, 15) is 0 Å². The zero-order valence-electron chi connectivity index (χ0n) is 23.1. The number of fused-ring (bicyclic) bond motifs is 1. The topological polar surface area (TPSA) is 40.4 Å². The van der Waals surface area contributed by atoms with Gasteiger partial charge < -0.3 is 14.4 Å². The largest absolute Gasteiger partial charge is 0.309 e. The van der Waals surface area contributed by atoms with Crippen LogP contribution in [0.25, 0.3) is 17.2 Å². The molecule has 1 aliphatic rings. The van der Waals surface area contributed by atoms with E-state index in [0.717, 1.165) is 55.3 Å². The summed E-state index contributed by atoms with van der Waals surface area (Å²) in [7, 11) is 4.31. The number of nitrogens with zero attached hydrogens (tertiary/aromatic N) is 6. The molecule has 1 aliphatic heterocycles. The summed E-state index contributed by atoms with van der Waals surface area (Å²) < 4.78 is 2.28. The first-order valence-electron chi connectivity index (χ1n) is 13.1. The van der Waals surface area contributed by atoms with E-state index in [0.29, 0.717) is 0 Å². The molecule has 0 radical (unpaired) electrons. The van der Waals surface area contributed by atoms with Crippen molar-refractivity contribution in [3.05, 3.63) is 64.6 Å². The quantitative estimate of drug-likeness (QED) is 0.354. The summed E-state index contributed by atoms with van der Waals surface area (Å²) in [5, 5.41) is 0. The molecule has 8 heteroatoms. The minimum Gasteiger partial charge on any atom is -0.309 e. The summed E-state index contributed by atoms with van der Waals surface area (Å²) in [4.78, 5) is 17.1. The van der Waals surface area contributed by atoms with Gasteiger partial charge in [0.2, 0.25) is 0 Å². The second kappa shape index (κ2) is 14.8. The predicted octanol–water partition coefficient (Wildman–Crippen LogP) is 5.08. The van der Waals surface area contributed by atoms with Crippen molar-refractivity contribution in [2.24, 2.45) is 0 Å². The minimum absolute atomic E-state index is 0. The monoisotopic (exact) mass is 546 g/mol. The highest BCUT2D eigenvalue weighted by Gasteiger charge is 2.16. The van der Waals surface area contributed by atoms with Crippen LogP contribution in [-0.4, -0.2) is 89.1 Å². The van der Waals surface area contributed by atoms with Gasteiger partial charge in [-0.2, -0.15) is 0 Å². The van der Waals surface area contributed by atoms with E-state index in [-0.39, 0.29) is 24.8 Å². The lowest BCUT2D eigenvalue weighted by atomic mass is 10.1. The third-order valence-corrected chi connectivity index (χ3v) is 6.96. The Balaban J connectivity index is 0.00000241. The van der Waals surface area contributed by atoms with Gasteiger partial charge in [-0.25, -0.2) is 9.97 Å². The highest BCUT2D eigenvalue weighted by molar-refractivity contribution is 5.85. The summed E-state index contributed by atoms with van der Waals surface area (Å²) >= 11 is 0. The van der Waals surface area contributed by atoms with Crippen LogP contribution in [0.1, 0.15) is 41.6 Å². The Labute approximate surface area is 235 Å². The smallest absolute Gasteiger partial charge is 0.160 e. The molecule has 0 atom stereocenters. The zero-order valence-corrected chi connectivity index (χ0v) is 24.7. The number of pyridine rings is 1. The number of benzene rings is 1. The number of hydrogen-bond donors (Lipinski definition) is 0. The van der Waals surface area contributed by atoms with E-state index < -0.39 is 0 Å². The maximum atomic E-state index is 4.88. The SMILES string of the molecule is CCc1nc2c(C)cc(C)nc2n1Cc1ccc(/C=C/CN2CCN(CCCN(C)C)CC2)cc1.Cl.Cl. The second-order valence-corrected chi connectivity index (χ2v) is 10.2. The zero-order chi connectivity index (χ0) is 24.8. The number of aromatic nitrogens is 3. The fraction of sp³-hybridized carbons (Fsp3) is 0.517. The van der Waals surface area contributed by atoms with Crippen LogP contribution >= 0.6 is 24.8 Å². The van der Waals surface area contributed by atoms with Gasteiger partial charge in [0.25, 0.3) is 0 Å². The lowest BCUT2D eigenvalue weighted by Crippen LogP contribution is -2.46. The summed E-state index contributed by atoms with van der Waals surface area (Å²) in [6.07, 6.45) is 6.73.